The van der Waals surface area contributed by atoms with Gasteiger partial charge in [0, 0.05) is 23.4 Å². The summed E-state index contributed by atoms with van der Waals surface area (Å²) in [5, 5.41) is 0. The molecule has 3 heterocycles. The Labute approximate surface area is 186 Å². The summed E-state index contributed by atoms with van der Waals surface area (Å²) in [7, 11) is 1.57. The number of fused-ring (bicyclic) bond motifs is 5. The van der Waals surface area contributed by atoms with E-state index in [-0.39, 0.29) is 30.2 Å². The van der Waals surface area contributed by atoms with Crippen molar-refractivity contribution in [3.63, 3.8) is 0 Å². The highest BCUT2D eigenvalue weighted by atomic mass is 16.5. The Morgan fingerprint density at radius 1 is 1.06 bits per heavy atom. The molecule has 3 aliphatic rings. The van der Waals surface area contributed by atoms with Gasteiger partial charge in [-0.2, -0.15) is 0 Å². The number of nitrogens with zero attached hydrogens (tertiary/aromatic N) is 2. The number of Topliss-reactive ketones (excluding diaryl/α,β-unsaturated/α-hetero) is 1. The normalized spacial score (nSPS) is 25.8. The van der Waals surface area contributed by atoms with Crippen molar-refractivity contribution < 1.29 is 19.1 Å². The minimum Gasteiger partial charge on any atom is -0.497 e. The van der Waals surface area contributed by atoms with Crippen LogP contribution in [0.2, 0.25) is 0 Å². The average molecular weight is 428 g/mol. The highest BCUT2D eigenvalue weighted by molar-refractivity contribution is 6.14. The Kier molecular flexibility index (Phi) is 4.73. The van der Waals surface area contributed by atoms with Gasteiger partial charge in [0.2, 0.25) is 11.8 Å². The largest absolute Gasteiger partial charge is 0.497 e. The number of ether oxygens (including phenoxy) is 1. The van der Waals surface area contributed by atoms with Gasteiger partial charge in [0.25, 0.3) is 0 Å². The molecular formula is C26H24N2O4. The predicted molar refractivity (Wildman–Crippen MR) is 121 cm³/mol. The lowest BCUT2D eigenvalue weighted by atomic mass is 9.85. The Morgan fingerprint density at radius 2 is 1.75 bits per heavy atom. The summed E-state index contributed by atoms with van der Waals surface area (Å²) in [6.07, 6.45) is 3.58. The van der Waals surface area contributed by atoms with Gasteiger partial charge in [-0.3, -0.25) is 19.3 Å². The molecule has 2 amide bonds. The number of carbonyl (C=O) groups excluding carboxylic acids is 3. The first-order valence-corrected chi connectivity index (χ1v) is 10.7. The molecule has 4 atom stereocenters. The molecule has 0 unspecified atom stereocenters. The van der Waals surface area contributed by atoms with Crippen LogP contribution in [0.15, 0.2) is 67.3 Å². The second-order valence-corrected chi connectivity index (χ2v) is 8.43. The van der Waals surface area contributed by atoms with Crippen molar-refractivity contribution in [3.8, 4) is 5.75 Å². The zero-order valence-electron chi connectivity index (χ0n) is 18.0. The fourth-order valence-corrected chi connectivity index (χ4v) is 5.39. The number of benzene rings is 2. The standard InChI is InChI=1S/C26H24N2O4/c1-4-13-27-25(30)21-20-14-15(2)18-7-5-6-8-19(18)28(20)23(22(21)26(27)31)24(29)16-9-11-17(32-3)12-10-16/h4-12,14,20-23H,1,13H2,2-3H3/t20-,21+,22+,23+/m1/s1. The summed E-state index contributed by atoms with van der Waals surface area (Å²) < 4.78 is 5.22. The predicted octanol–water partition coefficient (Wildman–Crippen LogP) is 3.34. The van der Waals surface area contributed by atoms with Crippen molar-refractivity contribution in [3.05, 3.63) is 78.4 Å². The number of hydrogen-bond donors (Lipinski definition) is 0. The Hall–Kier alpha value is -3.67. The number of para-hydroxylation sites is 1. The van der Waals surface area contributed by atoms with Crippen molar-refractivity contribution in [2.24, 2.45) is 11.8 Å². The molecule has 0 aromatic heterocycles. The number of amides is 2. The van der Waals surface area contributed by atoms with Crippen LogP contribution in [0.4, 0.5) is 5.69 Å². The molecule has 0 saturated carbocycles. The molecule has 5 rings (SSSR count). The van der Waals surface area contributed by atoms with Crippen LogP contribution >= 0.6 is 0 Å². The van der Waals surface area contributed by atoms with E-state index in [0.717, 1.165) is 16.8 Å². The van der Waals surface area contributed by atoms with Crippen molar-refractivity contribution in [1.82, 2.24) is 4.90 Å². The van der Waals surface area contributed by atoms with Gasteiger partial charge in [0.15, 0.2) is 5.78 Å². The zero-order chi connectivity index (χ0) is 22.6. The highest BCUT2D eigenvalue weighted by Gasteiger charge is 2.64. The van der Waals surface area contributed by atoms with Crippen LogP contribution in [0.25, 0.3) is 5.57 Å². The molecule has 2 saturated heterocycles. The van der Waals surface area contributed by atoms with Gasteiger partial charge in [-0.15, -0.1) is 6.58 Å². The maximum absolute atomic E-state index is 13.8. The first-order chi connectivity index (χ1) is 15.5. The third-order valence-electron chi connectivity index (χ3n) is 6.80. The number of hydrogen-bond acceptors (Lipinski definition) is 5. The molecule has 6 nitrogen and oxygen atoms in total. The number of rotatable bonds is 5. The first-order valence-electron chi connectivity index (χ1n) is 10.7. The fraction of sp³-hybridized carbons (Fsp3) is 0.269. The molecule has 2 fully saturated rings. The Bertz CT molecular complexity index is 1170. The molecule has 6 heteroatoms. The number of methoxy groups -OCH3 is 1. The average Bonchev–Trinajstić information content (AvgIpc) is 3.27. The van der Waals surface area contributed by atoms with Gasteiger partial charge in [0.05, 0.1) is 25.0 Å². The van der Waals surface area contributed by atoms with Gasteiger partial charge in [-0.25, -0.2) is 0 Å². The maximum Gasteiger partial charge on any atom is 0.236 e. The quantitative estimate of drug-likeness (QED) is 0.415. The molecule has 0 N–H and O–H groups in total. The smallest absolute Gasteiger partial charge is 0.236 e. The molecule has 0 spiro atoms. The summed E-state index contributed by atoms with van der Waals surface area (Å²) in [6, 6.07) is 13.6. The van der Waals surface area contributed by atoms with Crippen LogP contribution in [-0.2, 0) is 9.59 Å². The Morgan fingerprint density at radius 3 is 2.44 bits per heavy atom. The van der Waals surface area contributed by atoms with E-state index in [1.54, 1.807) is 37.5 Å². The van der Waals surface area contributed by atoms with Gasteiger partial charge < -0.3 is 9.64 Å². The summed E-state index contributed by atoms with van der Waals surface area (Å²) in [5.41, 5.74) is 3.43. The Balaban J connectivity index is 1.66. The van der Waals surface area contributed by atoms with Crippen LogP contribution in [0.5, 0.6) is 5.75 Å². The zero-order valence-corrected chi connectivity index (χ0v) is 18.0. The van der Waals surface area contributed by atoms with Gasteiger partial charge in [-0.05, 0) is 42.8 Å². The van der Waals surface area contributed by atoms with Gasteiger partial charge in [0.1, 0.15) is 11.8 Å². The minimum absolute atomic E-state index is 0.153. The summed E-state index contributed by atoms with van der Waals surface area (Å²) in [4.78, 5) is 43.8. The maximum atomic E-state index is 13.8. The summed E-state index contributed by atoms with van der Waals surface area (Å²) in [6.45, 7) is 5.84. The molecule has 2 aromatic carbocycles. The lowest BCUT2D eigenvalue weighted by Gasteiger charge is -2.38. The number of ketones is 1. The van der Waals surface area contributed by atoms with E-state index >= 15 is 0 Å². The molecular weight excluding hydrogens is 404 g/mol. The second kappa shape index (κ2) is 7.48. The van der Waals surface area contributed by atoms with E-state index in [4.69, 9.17) is 4.74 Å². The van der Waals surface area contributed by atoms with Crippen molar-refractivity contribution in [2.75, 3.05) is 18.6 Å². The van der Waals surface area contributed by atoms with Crippen LogP contribution in [0, 0.1) is 11.8 Å². The molecule has 2 aromatic rings. The van der Waals surface area contributed by atoms with Crippen LogP contribution < -0.4 is 9.64 Å². The SMILES string of the molecule is C=CCN1C(=O)[C@@H]2[C@H](C1=O)[C@@H](C(=O)c1ccc(OC)cc1)N1c3ccccc3C(C)=C[C@H]21. The number of carbonyl (C=O) groups is 3. The number of imide groups is 1. The number of likely N-dealkylation sites (tertiary alicyclic amines) is 1. The van der Waals surface area contributed by atoms with Gasteiger partial charge >= 0.3 is 0 Å². The molecule has 3 aliphatic heterocycles. The molecule has 32 heavy (non-hydrogen) atoms. The van der Waals surface area contributed by atoms with Crippen LogP contribution in [0.3, 0.4) is 0 Å². The van der Waals surface area contributed by atoms with Crippen LogP contribution in [-0.4, -0.2) is 48.2 Å². The van der Waals surface area contributed by atoms with E-state index in [1.807, 2.05) is 42.2 Å². The third-order valence-corrected chi connectivity index (χ3v) is 6.80. The van der Waals surface area contributed by atoms with Gasteiger partial charge in [-0.1, -0.05) is 30.4 Å². The second-order valence-electron chi connectivity index (χ2n) is 8.43. The molecule has 162 valence electrons. The molecule has 0 aliphatic carbocycles. The number of anilines is 1. The summed E-state index contributed by atoms with van der Waals surface area (Å²) >= 11 is 0. The van der Waals surface area contributed by atoms with Crippen molar-refractivity contribution >= 4 is 28.9 Å². The van der Waals surface area contributed by atoms with E-state index < -0.39 is 17.9 Å². The fourth-order valence-electron chi connectivity index (χ4n) is 5.39. The lowest BCUT2D eigenvalue weighted by Crippen LogP contribution is -2.49. The van der Waals surface area contributed by atoms with E-state index in [9.17, 15) is 14.4 Å². The summed E-state index contributed by atoms with van der Waals surface area (Å²) in [5.74, 6) is -1.40. The third kappa shape index (κ3) is 2.75. The molecule has 0 radical (unpaired) electrons. The minimum atomic E-state index is -0.768. The van der Waals surface area contributed by atoms with Crippen molar-refractivity contribution in [1.29, 1.82) is 0 Å². The molecule has 0 bridgehead atoms. The van der Waals surface area contributed by atoms with Crippen LogP contribution in [0.1, 0.15) is 22.8 Å². The highest BCUT2D eigenvalue weighted by Crippen LogP contribution is 2.50. The van der Waals surface area contributed by atoms with E-state index in [0.29, 0.717) is 11.3 Å². The number of allylic oxidation sites excluding steroid dienone is 1. The lowest BCUT2D eigenvalue weighted by molar-refractivity contribution is -0.139. The van der Waals surface area contributed by atoms with E-state index in [1.165, 1.54) is 4.90 Å². The van der Waals surface area contributed by atoms with Crippen molar-refractivity contribution in [2.45, 2.75) is 19.0 Å². The monoisotopic (exact) mass is 428 g/mol. The van der Waals surface area contributed by atoms with E-state index in [2.05, 4.69) is 6.58 Å². The first kappa shape index (κ1) is 20.2. The topological polar surface area (TPSA) is 66.9 Å².